The van der Waals surface area contributed by atoms with Crippen LogP contribution in [0.5, 0.6) is 17.2 Å². The van der Waals surface area contributed by atoms with Crippen molar-refractivity contribution in [1.29, 1.82) is 0 Å². The number of benzene rings is 2. The first-order valence-electron chi connectivity index (χ1n) is 14.3. The highest BCUT2D eigenvalue weighted by molar-refractivity contribution is 6.31. The molecule has 2 aromatic rings. The standard InChI is InChI=1S/C31H35NO10/c1-14-18(41-21-8-5-11-32-21)9-10-22(40-14)42-20-13-31(38,15(2)33)12-17-24(20)30(37)26-25(28(17)35)27(34)16-6-4-7-19(39-3)23(16)29(26)36/h4,6-7,14,18,20-22,32,35,37-38H,5,8-13H2,1-3H3/t14-,18-,20-,21?,22-,31-/m0/s1. The normalized spacial score (nSPS) is 30.4. The summed E-state index contributed by atoms with van der Waals surface area (Å²) in [6, 6.07) is 4.52. The van der Waals surface area contributed by atoms with E-state index >= 15 is 0 Å². The molecule has 0 aromatic heterocycles. The zero-order valence-electron chi connectivity index (χ0n) is 23.8. The van der Waals surface area contributed by atoms with Crippen LogP contribution in [0.15, 0.2) is 18.2 Å². The molecule has 0 amide bonds. The smallest absolute Gasteiger partial charge is 0.202 e. The molecular weight excluding hydrogens is 546 g/mol. The van der Waals surface area contributed by atoms with E-state index in [0.717, 1.165) is 19.4 Å². The maximum absolute atomic E-state index is 13.8. The molecule has 2 fully saturated rings. The van der Waals surface area contributed by atoms with E-state index < -0.39 is 46.8 Å². The summed E-state index contributed by atoms with van der Waals surface area (Å²) >= 11 is 0. The lowest BCUT2D eigenvalue weighted by Crippen LogP contribution is -2.47. The SMILES string of the molecule is COc1cccc2c1C(=O)c1c(O)c3c(c(O)c1C2=O)C[C@@](O)(C(C)=O)C[C@@H]3O[C@H]1CC[C@H](OC2CCCN2)[C@H](C)O1. The van der Waals surface area contributed by atoms with E-state index in [4.69, 9.17) is 18.9 Å². The average molecular weight is 582 g/mol. The lowest BCUT2D eigenvalue weighted by Gasteiger charge is -2.41. The number of hydrogen-bond donors (Lipinski definition) is 4. The number of ketones is 3. The third kappa shape index (κ3) is 4.60. The van der Waals surface area contributed by atoms with Crippen molar-refractivity contribution in [3.63, 3.8) is 0 Å². The van der Waals surface area contributed by atoms with E-state index in [1.54, 1.807) is 6.07 Å². The van der Waals surface area contributed by atoms with E-state index in [2.05, 4.69) is 5.32 Å². The highest BCUT2D eigenvalue weighted by atomic mass is 16.7. The number of aliphatic hydroxyl groups is 1. The lowest BCUT2D eigenvalue weighted by atomic mass is 9.72. The molecule has 11 nitrogen and oxygen atoms in total. The Balaban J connectivity index is 1.38. The molecule has 1 unspecified atom stereocenters. The fourth-order valence-electron chi connectivity index (χ4n) is 6.67. The molecule has 0 saturated carbocycles. The van der Waals surface area contributed by atoms with Gasteiger partial charge < -0.3 is 34.3 Å². The number of fused-ring (bicyclic) bond motifs is 3. The molecule has 2 aliphatic carbocycles. The Labute approximate surface area is 242 Å². The molecule has 6 atom stereocenters. The summed E-state index contributed by atoms with van der Waals surface area (Å²) < 4.78 is 23.9. The minimum absolute atomic E-state index is 0.0149. The van der Waals surface area contributed by atoms with Gasteiger partial charge in [-0.1, -0.05) is 12.1 Å². The van der Waals surface area contributed by atoms with Gasteiger partial charge in [0, 0.05) is 36.0 Å². The summed E-state index contributed by atoms with van der Waals surface area (Å²) in [7, 11) is 1.37. The minimum Gasteiger partial charge on any atom is -0.507 e. The van der Waals surface area contributed by atoms with Crippen molar-refractivity contribution in [3.8, 4) is 17.2 Å². The summed E-state index contributed by atoms with van der Waals surface area (Å²) in [5, 5.41) is 37.7. The monoisotopic (exact) mass is 581 g/mol. The van der Waals surface area contributed by atoms with Crippen molar-refractivity contribution in [2.75, 3.05) is 13.7 Å². The number of phenolic OH excluding ortho intramolecular Hbond substituents is 2. The van der Waals surface area contributed by atoms with Gasteiger partial charge in [0.1, 0.15) is 29.1 Å². The number of Topliss-reactive ketones (excluding diaryl/α,β-unsaturated/α-hetero) is 1. The summed E-state index contributed by atoms with van der Waals surface area (Å²) in [5.74, 6) is -2.90. The van der Waals surface area contributed by atoms with E-state index in [0.29, 0.717) is 12.8 Å². The van der Waals surface area contributed by atoms with Crippen LogP contribution in [0.2, 0.25) is 0 Å². The number of aromatic hydroxyl groups is 2. The van der Waals surface area contributed by atoms with Crippen LogP contribution < -0.4 is 10.1 Å². The largest absolute Gasteiger partial charge is 0.507 e. The second kappa shape index (κ2) is 10.7. The second-order valence-corrected chi connectivity index (χ2v) is 11.6. The molecular formula is C31H35NO10. The lowest BCUT2D eigenvalue weighted by molar-refractivity contribution is -0.254. The van der Waals surface area contributed by atoms with Gasteiger partial charge in [-0.3, -0.25) is 19.7 Å². The number of ether oxygens (including phenoxy) is 4. The van der Waals surface area contributed by atoms with Crippen molar-refractivity contribution in [3.05, 3.63) is 51.6 Å². The maximum Gasteiger partial charge on any atom is 0.202 e. The van der Waals surface area contributed by atoms with Gasteiger partial charge in [-0.2, -0.15) is 0 Å². The van der Waals surface area contributed by atoms with E-state index in [9.17, 15) is 29.7 Å². The van der Waals surface area contributed by atoms with Gasteiger partial charge in [0.25, 0.3) is 0 Å². The number of phenols is 2. The Morgan fingerprint density at radius 3 is 2.48 bits per heavy atom. The second-order valence-electron chi connectivity index (χ2n) is 11.6. The zero-order chi connectivity index (χ0) is 29.9. The summed E-state index contributed by atoms with van der Waals surface area (Å²) in [5.41, 5.74) is -2.68. The highest BCUT2D eigenvalue weighted by Crippen LogP contribution is 2.52. The van der Waals surface area contributed by atoms with Gasteiger partial charge in [-0.05, 0) is 45.7 Å². The molecule has 4 N–H and O–H groups in total. The van der Waals surface area contributed by atoms with Crippen LogP contribution in [-0.4, -0.2) is 76.7 Å². The van der Waals surface area contributed by atoms with Crippen LogP contribution in [-0.2, 0) is 25.4 Å². The predicted molar refractivity (Wildman–Crippen MR) is 147 cm³/mol. The Bertz CT molecular complexity index is 1460. The first-order chi connectivity index (χ1) is 20.0. The molecule has 11 heteroatoms. The number of carbonyl (C=O) groups excluding carboxylic acids is 3. The molecule has 0 radical (unpaired) electrons. The van der Waals surface area contributed by atoms with Gasteiger partial charge in [0.2, 0.25) is 5.78 Å². The molecule has 224 valence electrons. The fraction of sp³-hybridized carbons (Fsp3) is 0.516. The molecule has 6 rings (SSSR count). The van der Waals surface area contributed by atoms with Crippen LogP contribution in [0.25, 0.3) is 0 Å². The van der Waals surface area contributed by atoms with Crippen molar-refractivity contribution >= 4 is 17.3 Å². The van der Waals surface area contributed by atoms with Gasteiger partial charge in [0.05, 0.1) is 42.1 Å². The maximum atomic E-state index is 13.8. The highest BCUT2D eigenvalue weighted by Gasteiger charge is 2.49. The van der Waals surface area contributed by atoms with Crippen molar-refractivity contribution in [2.45, 2.75) is 88.8 Å². The van der Waals surface area contributed by atoms with Crippen molar-refractivity contribution < 1.29 is 48.7 Å². The quantitative estimate of drug-likeness (QED) is 0.317. The molecule has 0 spiro atoms. The molecule has 0 bridgehead atoms. The Morgan fingerprint density at radius 1 is 1.05 bits per heavy atom. The van der Waals surface area contributed by atoms with Crippen LogP contribution in [0.4, 0.5) is 0 Å². The number of nitrogens with one attached hydrogen (secondary N) is 1. The first kappa shape index (κ1) is 28.8. The summed E-state index contributed by atoms with van der Waals surface area (Å²) in [4.78, 5) is 40.0. The topological polar surface area (TPSA) is 161 Å². The van der Waals surface area contributed by atoms with E-state index in [-0.39, 0.29) is 70.4 Å². The summed E-state index contributed by atoms with van der Waals surface area (Å²) in [6.45, 7) is 4.02. The Kier molecular flexibility index (Phi) is 7.35. The zero-order valence-corrected chi connectivity index (χ0v) is 23.8. The molecule has 42 heavy (non-hydrogen) atoms. The average Bonchev–Trinajstić information content (AvgIpc) is 3.47. The third-order valence-electron chi connectivity index (χ3n) is 8.98. The first-order valence-corrected chi connectivity index (χ1v) is 14.3. The molecule has 4 aliphatic rings. The molecule has 2 aliphatic heterocycles. The molecule has 2 saturated heterocycles. The molecule has 2 heterocycles. The fourth-order valence-corrected chi connectivity index (χ4v) is 6.67. The van der Waals surface area contributed by atoms with Crippen LogP contribution in [0.3, 0.4) is 0 Å². The molecule has 2 aromatic carbocycles. The third-order valence-corrected chi connectivity index (χ3v) is 8.98. The number of rotatable bonds is 6. The Morgan fingerprint density at radius 2 is 1.81 bits per heavy atom. The number of methoxy groups -OCH3 is 1. The van der Waals surface area contributed by atoms with Crippen LogP contribution >= 0.6 is 0 Å². The number of hydrogen-bond acceptors (Lipinski definition) is 11. The number of carbonyl (C=O) groups is 3. The van der Waals surface area contributed by atoms with Gasteiger partial charge in [-0.25, -0.2) is 0 Å². The van der Waals surface area contributed by atoms with Gasteiger partial charge in [0.15, 0.2) is 17.9 Å². The van der Waals surface area contributed by atoms with Gasteiger partial charge in [-0.15, -0.1) is 0 Å². The van der Waals surface area contributed by atoms with Crippen LogP contribution in [0.1, 0.15) is 95.0 Å². The van der Waals surface area contributed by atoms with Crippen molar-refractivity contribution in [2.24, 2.45) is 0 Å². The summed E-state index contributed by atoms with van der Waals surface area (Å²) in [6.07, 6.45) is 0.00630. The van der Waals surface area contributed by atoms with E-state index in [1.807, 2.05) is 6.92 Å². The van der Waals surface area contributed by atoms with Gasteiger partial charge >= 0.3 is 0 Å². The van der Waals surface area contributed by atoms with E-state index in [1.165, 1.54) is 26.2 Å². The van der Waals surface area contributed by atoms with Crippen LogP contribution in [0, 0.1) is 0 Å². The predicted octanol–water partition coefficient (Wildman–Crippen LogP) is 2.83. The van der Waals surface area contributed by atoms with Crippen molar-refractivity contribution in [1.82, 2.24) is 5.32 Å². The Hall–Kier alpha value is -3.35. The minimum atomic E-state index is -1.95.